The summed E-state index contributed by atoms with van der Waals surface area (Å²) in [5, 5.41) is 17.2. The van der Waals surface area contributed by atoms with E-state index in [0.29, 0.717) is 0 Å². The Hall–Kier alpha value is -2.78. The largest absolute Gasteiger partial charge is 0.481 e. The average Bonchev–Trinajstić information content (AvgIpc) is 2.55. The molecule has 0 fully saturated rings. The van der Waals surface area contributed by atoms with Gasteiger partial charge >= 0.3 is 23.9 Å². The number of ketones is 2. The maximum atomic E-state index is 11.8. The molecule has 0 aliphatic heterocycles. The smallest absolute Gasteiger partial charge is 0.309 e. The summed E-state index contributed by atoms with van der Waals surface area (Å²) in [4.78, 5) is 67.7. The third kappa shape index (κ3) is 10.7. The van der Waals surface area contributed by atoms with Gasteiger partial charge in [0.05, 0.1) is 24.7 Å². The number of Topliss-reactive ketones (excluding diaryl/α,β-unsaturated/α-hetero) is 2. The Balaban J connectivity index is 4.25. The van der Waals surface area contributed by atoms with Crippen molar-refractivity contribution >= 4 is 35.4 Å². The molecule has 0 saturated heterocycles. The lowest BCUT2D eigenvalue weighted by Crippen LogP contribution is -2.27. The molecule has 0 saturated carbocycles. The summed E-state index contributed by atoms with van der Waals surface area (Å²) in [6.45, 7) is 2.95. The van der Waals surface area contributed by atoms with E-state index in [0.717, 1.165) is 0 Å². The topological polar surface area (TPSA) is 161 Å². The zero-order valence-electron chi connectivity index (χ0n) is 15.4. The molecule has 0 aromatic rings. The normalized spacial score (nSPS) is 13.7. The van der Waals surface area contributed by atoms with Crippen LogP contribution >= 0.6 is 0 Å². The fraction of sp³-hybridized carbons (Fsp3) is 0.647. The van der Waals surface area contributed by atoms with Crippen LogP contribution in [0.15, 0.2) is 0 Å². The van der Waals surface area contributed by atoms with Gasteiger partial charge in [0.15, 0.2) is 11.6 Å². The Bertz CT molecular complexity index is 595. The Labute approximate surface area is 155 Å². The van der Waals surface area contributed by atoms with Crippen molar-refractivity contribution in [1.82, 2.24) is 0 Å². The fourth-order valence-corrected chi connectivity index (χ4v) is 1.93. The molecule has 2 N–H and O–H groups in total. The molecule has 0 aromatic heterocycles. The molecule has 0 rings (SSSR count). The number of rotatable bonds is 13. The van der Waals surface area contributed by atoms with Crippen LogP contribution in [-0.2, 0) is 38.2 Å². The Morgan fingerprint density at radius 3 is 1.56 bits per heavy atom. The first-order valence-corrected chi connectivity index (χ1v) is 8.25. The number of ether oxygens (including phenoxy) is 2. The van der Waals surface area contributed by atoms with Crippen molar-refractivity contribution in [1.29, 1.82) is 0 Å². The van der Waals surface area contributed by atoms with Crippen LogP contribution in [0.3, 0.4) is 0 Å². The first kappa shape index (κ1) is 24.2. The predicted octanol–water partition coefficient (Wildman–Crippen LogP) is 0.459. The third-order valence-corrected chi connectivity index (χ3v) is 3.58. The summed E-state index contributed by atoms with van der Waals surface area (Å²) in [6, 6.07) is 0. The quantitative estimate of drug-likeness (QED) is 0.424. The second-order valence-corrected chi connectivity index (χ2v) is 6.32. The molecule has 10 heteroatoms. The van der Waals surface area contributed by atoms with Crippen molar-refractivity contribution in [3.63, 3.8) is 0 Å². The van der Waals surface area contributed by atoms with Gasteiger partial charge in [0.2, 0.25) is 0 Å². The molecular formula is C17H24O10. The number of aliphatic carboxylic acids is 2. The van der Waals surface area contributed by atoms with Crippen LogP contribution in [0, 0.1) is 17.8 Å². The molecule has 0 spiro atoms. The van der Waals surface area contributed by atoms with E-state index in [4.69, 9.17) is 19.7 Å². The van der Waals surface area contributed by atoms with E-state index >= 15 is 0 Å². The molecule has 0 aliphatic rings. The molecule has 3 atom stereocenters. The molecule has 152 valence electrons. The average molecular weight is 388 g/mol. The summed E-state index contributed by atoms with van der Waals surface area (Å²) in [5.41, 5.74) is 0. The van der Waals surface area contributed by atoms with Crippen LogP contribution in [0.25, 0.3) is 0 Å². The van der Waals surface area contributed by atoms with Gasteiger partial charge in [-0.1, -0.05) is 20.8 Å². The van der Waals surface area contributed by atoms with Gasteiger partial charge in [-0.2, -0.15) is 0 Å². The van der Waals surface area contributed by atoms with Gasteiger partial charge in [0.25, 0.3) is 0 Å². The van der Waals surface area contributed by atoms with E-state index in [1.165, 1.54) is 20.8 Å². The number of hydrogen-bond donors (Lipinski definition) is 2. The van der Waals surface area contributed by atoms with Crippen LogP contribution in [0.4, 0.5) is 0 Å². The standard InChI is InChI=1S/C17H24O10/c1-9(5-14(20)21)13(19)8-27-16(24)10(2)4-12(18)7-26-17(25)11(3)6-15(22)23/h9-11H,4-8H2,1-3H3,(H,20,21)(H,22,23). The second-order valence-electron chi connectivity index (χ2n) is 6.32. The second kappa shape index (κ2) is 11.8. The van der Waals surface area contributed by atoms with Gasteiger partial charge in [-0.3, -0.25) is 28.8 Å². The van der Waals surface area contributed by atoms with Gasteiger partial charge in [0, 0.05) is 12.3 Å². The van der Waals surface area contributed by atoms with Crippen LogP contribution in [0.2, 0.25) is 0 Å². The van der Waals surface area contributed by atoms with Crippen LogP contribution < -0.4 is 0 Å². The minimum atomic E-state index is -1.17. The van der Waals surface area contributed by atoms with E-state index in [1.54, 1.807) is 0 Å². The summed E-state index contributed by atoms with van der Waals surface area (Å²) >= 11 is 0. The highest BCUT2D eigenvalue weighted by atomic mass is 16.5. The number of carbonyl (C=O) groups is 6. The predicted molar refractivity (Wildman–Crippen MR) is 88.5 cm³/mol. The van der Waals surface area contributed by atoms with Crippen molar-refractivity contribution in [3.05, 3.63) is 0 Å². The molecule has 0 radical (unpaired) electrons. The van der Waals surface area contributed by atoms with Gasteiger partial charge in [-0.15, -0.1) is 0 Å². The molecule has 3 unspecified atom stereocenters. The zero-order valence-corrected chi connectivity index (χ0v) is 15.4. The highest BCUT2D eigenvalue weighted by Gasteiger charge is 2.24. The van der Waals surface area contributed by atoms with E-state index in [1.807, 2.05) is 0 Å². The molecule has 0 bridgehead atoms. The van der Waals surface area contributed by atoms with Crippen molar-refractivity contribution in [2.75, 3.05) is 13.2 Å². The first-order chi connectivity index (χ1) is 12.4. The number of carboxylic acids is 2. The highest BCUT2D eigenvalue weighted by molar-refractivity contribution is 5.89. The Morgan fingerprint density at radius 2 is 1.07 bits per heavy atom. The summed E-state index contributed by atoms with van der Waals surface area (Å²) < 4.78 is 9.47. The van der Waals surface area contributed by atoms with Crippen molar-refractivity contribution in [2.24, 2.45) is 17.8 Å². The van der Waals surface area contributed by atoms with Gasteiger partial charge < -0.3 is 19.7 Å². The lowest BCUT2D eigenvalue weighted by atomic mass is 10.0. The van der Waals surface area contributed by atoms with Crippen molar-refractivity contribution in [3.8, 4) is 0 Å². The monoisotopic (exact) mass is 388 g/mol. The van der Waals surface area contributed by atoms with Gasteiger partial charge in [-0.05, 0) is 0 Å². The third-order valence-electron chi connectivity index (χ3n) is 3.58. The summed E-state index contributed by atoms with van der Waals surface area (Å²) in [5.74, 6) is -7.69. The minimum Gasteiger partial charge on any atom is -0.481 e. The first-order valence-electron chi connectivity index (χ1n) is 8.25. The number of carbonyl (C=O) groups excluding carboxylic acids is 4. The molecule has 27 heavy (non-hydrogen) atoms. The lowest BCUT2D eigenvalue weighted by molar-refractivity contribution is -0.156. The van der Waals surface area contributed by atoms with E-state index in [-0.39, 0.29) is 12.8 Å². The molecule has 0 aliphatic carbocycles. The van der Waals surface area contributed by atoms with Crippen molar-refractivity contribution < 1.29 is 48.5 Å². The number of hydrogen-bond acceptors (Lipinski definition) is 8. The molecule has 0 aromatic carbocycles. The molecular weight excluding hydrogens is 364 g/mol. The van der Waals surface area contributed by atoms with Crippen LogP contribution in [0.5, 0.6) is 0 Å². The van der Waals surface area contributed by atoms with E-state index in [9.17, 15) is 28.8 Å². The van der Waals surface area contributed by atoms with Gasteiger partial charge in [-0.25, -0.2) is 0 Å². The summed E-state index contributed by atoms with van der Waals surface area (Å²) in [7, 11) is 0. The number of carboxylic acid groups (broad SMARTS) is 2. The van der Waals surface area contributed by atoms with E-state index < -0.39 is 72.8 Å². The van der Waals surface area contributed by atoms with Crippen molar-refractivity contribution in [2.45, 2.75) is 40.0 Å². The maximum absolute atomic E-state index is 11.8. The van der Waals surface area contributed by atoms with Crippen LogP contribution in [-0.4, -0.2) is 58.9 Å². The highest BCUT2D eigenvalue weighted by Crippen LogP contribution is 2.10. The molecule has 0 amide bonds. The van der Waals surface area contributed by atoms with E-state index in [2.05, 4.69) is 0 Å². The Kier molecular flexibility index (Phi) is 10.6. The zero-order chi connectivity index (χ0) is 21.1. The summed E-state index contributed by atoms with van der Waals surface area (Å²) in [6.07, 6.45) is -1.10. The maximum Gasteiger partial charge on any atom is 0.309 e. The number of esters is 2. The van der Waals surface area contributed by atoms with Crippen LogP contribution in [0.1, 0.15) is 40.0 Å². The fourth-order valence-electron chi connectivity index (χ4n) is 1.93. The van der Waals surface area contributed by atoms with Gasteiger partial charge in [0.1, 0.15) is 13.2 Å². The minimum absolute atomic E-state index is 0.293. The SMILES string of the molecule is CC(CC(=O)O)C(=O)COC(=O)C(C)CC(=O)COC(=O)C(C)CC(=O)O. The molecule has 0 heterocycles. The molecule has 10 nitrogen and oxygen atoms in total. The Morgan fingerprint density at radius 1 is 0.667 bits per heavy atom. The lowest BCUT2D eigenvalue weighted by Gasteiger charge is -2.13.